The summed E-state index contributed by atoms with van der Waals surface area (Å²) in [6.07, 6.45) is 19.2. The monoisotopic (exact) mass is 310 g/mol. The Hall–Kier alpha value is 0.0900. The Bertz CT molecular complexity index is 282. The van der Waals surface area contributed by atoms with Crippen molar-refractivity contribution in [1.29, 1.82) is 0 Å². The molecule has 2 unspecified atom stereocenters. The van der Waals surface area contributed by atoms with Gasteiger partial charge in [0, 0.05) is 4.75 Å². The minimum absolute atomic E-state index is 0.423. The molecule has 2 atom stereocenters. The van der Waals surface area contributed by atoms with Crippen molar-refractivity contribution < 1.29 is 0 Å². The zero-order valence-corrected chi connectivity index (χ0v) is 15.8. The number of rotatable bonds is 11. The largest absolute Gasteiger partial charge is 0.151 e. The molecule has 0 saturated heterocycles. The van der Waals surface area contributed by atoms with E-state index in [0.717, 1.165) is 11.8 Å². The van der Waals surface area contributed by atoms with Crippen LogP contribution in [0.4, 0.5) is 0 Å². The summed E-state index contributed by atoms with van der Waals surface area (Å²) in [7, 11) is 0. The Morgan fingerprint density at radius 1 is 1.05 bits per heavy atom. The van der Waals surface area contributed by atoms with Gasteiger partial charge < -0.3 is 0 Å². The normalized spacial score (nSPS) is 25.7. The molecule has 0 radical (unpaired) electrons. The van der Waals surface area contributed by atoms with Crippen molar-refractivity contribution >= 4 is 11.8 Å². The molecule has 0 aromatic rings. The van der Waals surface area contributed by atoms with Gasteiger partial charge >= 0.3 is 0 Å². The van der Waals surface area contributed by atoms with Gasteiger partial charge in [-0.1, -0.05) is 77.9 Å². The summed E-state index contributed by atoms with van der Waals surface area (Å²) >= 11 is 2.20. The molecule has 1 rings (SSSR count). The van der Waals surface area contributed by atoms with Crippen LogP contribution in [0.3, 0.4) is 0 Å². The van der Waals surface area contributed by atoms with Gasteiger partial charge in [0.05, 0.1) is 0 Å². The van der Waals surface area contributed by atoms with E-state index in [1.165, 1.54) is 70.0 Å². The topological polar surface area (TPSA) is 0 Å². The summed E-state index contributed by atoms with van der Waals surface area (Å²) in [5.41, 5.74) is 0. The molecule has 0 spiro atoms. The van der Waals surface area contributed by atoms with Crippen molar-refractivity contribution in [3.63, 3.8) is 0 Å². The first kappa shape index (κ1) is 19.1. The summed E-state index contributed by atoms with van der Waals surface area (Å²) in [6, 6.07) is 0. The first-order valence-corrected chi connectivity index (χ1v) is 10.4. The third-order valence-electron chi connectivity index (χ3n) is 4.96. The maximum atomic E-state index is 2.51. The van der Waals surface area contributed by atoms with Crippen LogP contribution in [0.1, 0.15) is 91.9 Å². The van der Waals surface area contributed by atoms with Crippen molar-refractivity contribution in [3.05, 3.63) is 12.2 Å². The lowest BCUT2D eigenvalue weighted by atomic mass is 9.83. The molecule has 0 aromatic carbocycles. The zero-order chi connectivity index (χ0) is 15.6. The standard InChI is InChI=1S/C20H38S/c1-5-6-7-8-9-10-11-12-17-21-20(4)15-13-19(14-16-20)18(2)3/h13,15,18-19H,5-12,14,16-17H2,1-4H3. The first-order valence-electron chi connectivity index (χ1n) is 9.41. The van der Waals surface area contributed by atoms with Crippen molar-refractivity contribution in [3.8, 4) is 0 Å². The molecule has 1 heteroatoms. The van der Waals surface area contributed by atoms with Crippen LogP contribution in [0.15, 0.2) is 12.2 Å². The highest BCUT2D eigenvalue weighted by Crippen LogP contribution is 2.39. The lowest BCUT2D eigenvalue weighted by molar-refractivity contribution is 0.394. The van der Waals surface area contributed by atoms with Crippen LogP contribution in [0.5, 0.6) is 0 Å². The average molecular weight is 311 g/mol. The lowest BCUT2D eigenvalue weighted by Crippen LogP contribution is -2.24. The van der Waals surface area contributed by atoms with Gasteiger partial charge in [0.1, 0.15) is 0 Å². The second kappa shape index (κ2) is 10.8. The average Bonchev–Trinajstić information content (AvgIpc) is 2.46. The highest BCUT2D eigenvalue weighted by Gasteiger charge is 2.27. The summed E-state index contributed by atoms with van der Waals surface area (Å²) in [5, 5.41) is 0. The number of unbranched alkanes of at least 4 members (excludes halogenated alkanes) is 7. The molecule has 21 heavy (non-hydrogen) atoms. The molecular weight excluding hydrogens is 272 g/mol. The van der Waals surface area contributed by atoms with Gasteiger partial charge in [-0.05, 0) is 43.8 Å². The summed E-state index contributed by atoms with van der Waals surface area (Å²) in [4.78, 5) is 0. The minimum atomic E-state index is 0.423. The molecule has 0 saturated carbocycles. The summed E-state index contributed by atoms with van der Waals surface area (Å²) in [5.74, 6) is 2.98. The minimum Gasteiger partial charge on any atom is -0.151 e. The molecule has 124 valence electrons. The Morgan fingerprint density at radius 3 is 2.19 bits per heavy atom. The first-order chi connectivity index (χ1) is 10.1. The number of hydrogen-bond acceptors (Lipinski definition) is 1. The number of hydrogen-bond donors (Lipinski definition) is 0. The van der Waals surface area contributed by atoms with Gasteiger partial charge in [0.15, 0.2) is 0 Å². The van der Waals surface area contributed by atoms with Crippen LogP contribution >= 0.6 is 11.8 Å². The molecule has 0 fully saturated rings. The van der Waals surface area contributed by atoms with Crippen molar-refractivity contribution in [2.24, 2.45) is 11.8 Å². The Balaban J connectivity index is 2.03. The molecule has 0 heterocycles. The zero-order valence-electron chi connectivity index (χ0n) is 15.0. The van der Waals surface area contributed by atoms with Gasteiger partial charge in [-0.15, -0.1) is 0 Å². The van der Waals surface area contributed by atoms with Crippen LogP contribution in [0, 0.1) is 11.8 Å². The molecule has 0 aliphatic heterocycles. The van der Waals surface area contributed by atoms with Crippen LogP contribution < -0.4 is 0 Å². The van der Waals surface area contributed by atoms with E-state index < -0.39 is 0 Å². The van der Waals surface area contributed by atoms with Crippen LogP contribution in [-0.2, 0) is 0 Å². The quantitative estimate of drug-likeness (QED) is 0.286. The highest BCUT2D eigenvalue weighted by atomic mass is 32.2. The third-order valence-corrected chi connectivity index (χ3v) is 6.45. The molecule has 1 aliphatic rings. The molecule has 0 bridgehead atoms. The Morgan fingerprint density at radius 2 is 1.67 bits per heavy atom. The van der Waals surface area contributed by atoms with Gasteiger partial charge in [-0.25, -0.2) is 0 Å². The maximum absolute atomic E-state index is 2.51. The lowest BCUT2D eigenvalue weighted by Gasteiger charge is -2.33. The van der Waals surface area contributed by atoms with E-state index in [1.807, 2.05) is 0 Å². The summed E-state index contributed by atoms with van der Waals surface area (Å²) < 4.78 is 0.423. The van der Waals surface area contributed by atoms with Crippen molar-refractivity contribution in [1.82, 2.24) is 0 Å². The van der Waals surface area contributed by atoms with Crippen molar-refractivity contribution in [2.75, 3.05) is 5.75 Å². The van der Waals surface area contributed by atoms with E-state index in [0.29, 0.717) is 4.75 Å². The fourth-order valence-electron chi connectivity index (χ4n) is 3.18. The molecule has 0 nitrogen and oxygen atoms in total. The predicted molar refractivity (Wildman–Crippen MR) is 100 cm³/mol. The SMILES string of the molecule is CCCCCCCCCCSC1(C)C=CC(C(C)C)CC1. The van der Waals surface area contributed by atoms with E-state index in [2.05, 4.69) is 51.6 Å². The van der Waals surface area contributed by atoms with E-state index in [9.17, 15) is 0 Å². The highest BCUT2D eigenvalue weighted by molar-refractivity contribution is 8.00. The van der Waals surface area contributed by atoms with Gasteiger partial charge in [0.25, 0.3) is 0 Å². The maximum Gasteiger partial charge on any atom is 0.0311 e. The smallest absolute Gasteiger partial charge is 0.0311 e. The van der Waals surface area contributed by atoms with Crippen LogP contribution in [0.25, 0.3) is 0 Å². The fourth-order valence-corrected chi connectivity index (χ4v) is 4.43. The molecule has 0 N–H and O–H groups in total. The van der Waals surface area contributed by atoms with Crippen LogP contribution in [0.2, 0.25) is 0 Å². The second-order valence-corrected chi connectivity index (χ2v) is 9.07. The van der Waals surface area contributed by atoms with Gasteiger partial charge in [0.2, 0.25) is 0 Å². The number of allylic oxidation sites excluding steroid dienone is 1. The molecule has 0 amide bonds. The van der Waals surface area contributed by atoms with E-state index >= 15 is 0 Å². The molecule has 0 aromatic heterocycles. The predicted octanol–water partition coefficient (Wildman–Crippen LogP) is 7.24. The van der Waals surface area contributed by atoms with E-state index in [1.54, 1.807) is 0 Å². The van der Waals surface area contributed by atoms with Gasteiger partial charge in [-0.3, -0.25) is 0 Å². The molecular formula is C20H38S. The fraction of sp³-hybridized carbons (Fsp3) is 0.900. The van der Waals surface area contributed by atoms with E-state index in [-0.39, 0.29) is 0 Å². The van der Waals surface area contributed by atoms with E-state index in [4.69, 9.17) is 0 Å². The summed E-state index contributed by atoms with van der Waals surface area (Å²) in [6.45, 7) is 9.44. The Labute approximate surface area is 138 Å². The third kappa shape index (κ3) is 8.33. The van der Waals surface area contributed by atoms with Crippen molar-refractivity contribution in [2.45, 2.75) is 96.7 Å². The van der Waals surface area contributed by atoms with Gasteiger partial charge in [-0.2, -0.15) is 11.8 Å². The Kier molecular flexibility index (Phi) is 9.80. The molecule has 1 aliphatic carbocycles. The number of thioether (sulfide) groups is 1. The van der Waals surface area contributed by atoms with Crippen LogP contribution in [-0.4, -0.2) is 10.5 Å². The second-order valence-electron chi connectivity index (χ2n) is 7.44.